The molecule has 268 valence electrons. The summed E-state index contributed by atoms with van der Waals surface area (Å²) in [4.78, 5) is 42.7. The SMILES string of the molecule is CC(C)(C)OC(=O)N1CCCC1C(=O)N1CCc2nc(N3CCC(Oc4ccc(F)cc4F)CC3)c(-c3cnn(C4CCCCO4)c3)nc2C1. The van der Waals surface area contributed by atoms with E-state index in [1.807, 2.05) is 31.6 Å². The number of aromatic nitrogens is 4. The minimum atomic E-state index is -0.716. The number of hydrogen-bond acceptors (Lipinski definition) is 9. The molecule has 7 rings (SSSR count). The number of fused-ring (bicyclic) bond motifs is 1. The average molecular weight is 694 g/mol. The molecule has 0 radical (unpaired) electrons. The van der Waals surface area contributed by atoms with Crippen molar-refractivity contribution in [3.63, 3.8) is 0 Å². The van der Waals surface area contributed by atoms with Crippen LogP contribution >= 0.6 is 0 Å². The number of likely N-dealkylation sites (tertiary alicyclic amines) is 1. The number of benzene rings is 1. The van der Waals surface area contributed by atoms with E-state index in [1.54, 1.807) is 16.0 Å². The maximum atomic E-state index is 14.3. The van der Waals surface area contributed by atoms with Crippen LogP contribution in [0, 0.1) is 11.6 Å². The number of nitrogens with zero attached hydrogens (tertiary/aromatic N) is 7. The number of anilines is 1. The highest BCUT2D eigenvalue weighted by molar-refractivity contribution is 5.86. The van der Waals surface area contributed by atoms with Crippen LogP contribution < -0.4 is 9.64 Å². The number of hydrogen-bond donors (Lipinski definition) is 0. The quantitative estimate of drug-likeness (QED) is 0.323. The Kier molecular flexibility index (Phi) is 9.64. The normalized spacial score (nSPS) is 21.7. The molecule has 50 heavy (non-hydrogen) atoms. The number of carbonyl (C=O) groups excluding carboxylic acids is 2. The lowest BCUT2D eigenvalue weighted by molar-refractivity contribution is -0.137. The van der Waals surface area contributed by atoms with Crippen LogP contribution in [-0.4, -0.2) is 92.1 Å². The molecule has 3 aromatic rings. The summed E-state index contributed by atoms with van der Waals surface area (Å²) in [6.07, 6.45) is 8.96. The van der Waals surface area contributed by atoms with E-state index in [1.165, 1.54) is 12.1 Å². The summed E-state index contributed by atoms with van der Waals surface area (Å²) in [6.45, 7) is 8.58. The van der Waals surface area contributed by atoms with Gasteiger partial charge < -0.3 is 24.0 Å². The van der Waals surface area contributed by atoms with Crippen molar-refractivity contribution in [2.24, 2.45) is 0 Å². The van der Waals surface area contributed by atoms with Crippen LogP contribution in [0.25, 0.3) is 11.3 Å². The van der Waals surface area contributed by atoms with Gasteiger partial charge in [-0.15, -0.1) is 0 Å². The molecular weight excluding hydrogens is 648 g/mol. The highest BCUT2D eigenvalue weighted by Gasteiger charge is 2.40. The molecule has 6 heterocycles. The lowest BCUT2D eigenvalue weighted by Crippen LogP contribution is -2.50. The molecule has 0 saturated carbocycles. The first kappa shape index (κ1) is 34.1. The van der Waals surface area contributed by atoms with Crippen LogP contribution in [0.15, 0.2) is 30.6 Å². The standard InChI is InChI=1S/C36H45F2N7O5/c1-36(2,3)50-35(47)44-14-6-7-29(44)34(46)43-17-13-27-28(22-43)40-32(23-20-39-45(21-23)31-8-4-5-18-48-31)33(41-27)42-15-11-25(12-16-42)49-30-10-9-24(37)19-26(30)38/h9-10,19-21,25,29,31H,4-8,11-18,22H2,1-3H3. The van der Waals surface area contributed by atoms with Crippen molar-refractivity contribution >= 4 is 17.8 Å². The van der Waals surface area contributed by atoms with Crippen molar-refractivity contribution in [3.8, 4) is 17.0 Å². The van der Waals surface area contributed by atoms with E-state index in [4.69, 9.17) is 24.2 Å². The number of ether oxygens (including phenoxy) is 3. The predicted molar refractivity (Wildman–Crippen MR) is 179 cm³/mol. The Morgan fingerprint density at radius 3 is 2.52 bits per heavy atom. The summed E-state index contributed by atoms with van der Waals surface area (Å²) >= 11 is 0. The Bertz CT molecular complexity index is 1710. The van der Waals surface area contributed by atoms with Gasteiger partial charge in [0.1, 0.15) is 35.5 Å². The van der Waals surface area contributed by atoms with E-state index in [0.29, 0.717) is 64.2 Å². The van der Waals surface area contributed by atoms with Gasteiger partial charge in [0, 0.05) is 69.9 Å². The Morgan fingerprint density at radius 1 is 0.960 bits per heavy atom. The van der Waals surface area contributed by atoms with Crippen LogP contribution in [0.3, 0.4) is 0 Å². The minimum Gasteiger partial charge on any atom is -0.487 e. The molecule has 14 heteroatoms. The second kappa shape index (κ2) is 14.1. The first-order valence-electron chi connectivity index (χ1n) is 17.7. The molecular formula is C36H45F2N7O5. The van der Waals surface area contributed by atoms with Crippen molar-refractivity contribution < 1.29 is 32.6 Å². The van der Waals surface area contributed by atoms with Gasteiger partial charge in [-0.05, 0) is 65.0 Å². The average Bonchev–Trinajstić information content (AvgIpc) is 3.80. The van der Waals surface area contributed by atoms with Gasteiger partial charge in [-0.1, -0.05) is 0 Å². The summed E-state index contributed by atoms with van der Waals surface area (Å²) in [6, 6.07) is 2.78. The molecule has 4 aliphatic rings. The molecule has 2 unspecified atom stereocenters. The van der Waals surface area contributed by atoms with Crippen LogP contribution in [0.2, 0.25) is 0 Å². The van der Waals surface area contributed by atoms with E-state index in [-0.39, 0.29) is 30.5 Å². The van der Waals surface area contributed by atoms with E-state index < -0.39 is 29.4 Å². The van der Waals surface area contributed by atoms with E-state index in [9.17, 15) is 18.4 Å². The zero-order valence-corrected chi connectivity index (χ0v) is 28.9. The monoisotopic (exact) mass is 693 g/mol. The molecule has 12 nitrogen and oxygen atoms in total. The zero-order chi connectivity index (χ0) is 35.0. The van der Waals surface area contributed by atoms with Gasteiger partial charge >= 0.3 is 6.09 Å². The number of piperidine rings is 1. The second-order valence-corrected chi connectivity index (χ2v) is 14.5. The Labute approximate surface area is 290 Å². The minimum absolute atomic E-state index is 0.0439. The maximum Gasteiger partial charge on any atom is 0.410 e. The van der Waals surface area contributed by atoms with Crippen molar-refractivity contribution in [3.05, 3.63) is 53.6 Å². The van der Waals surface area contributed by atoms with Crippen LogP contribution in [0.5, 0.6) is 5.75 Å². The summed E-state index contributed by atoms with van der Waals surface area (Å²) in [5.41, 5.74) is 2.36. The highest BCUT2D eigenvalue weighted by atomic mass is 19.1. The van der Waals surface area contributed by atoms with Gasteiger partial charge in [0.25, 0.3) is 0 Å². The van der Waals surface area contributed by atoms with Crippen molar-refractivity contribution in [1.29, 1.82) is 0 Å². The van der Waals surface area contributed by atoms with Crippen molar-refractivity contribution in [2.75, 3.05) is 37.7 Å². The molecule has 3 fully saturated rings. The van der Waals surface area contributed by atoms with Crippen LogP contribution in [0.4, 0.5) is 19.4 Å². The number of amides is 2. The molecule has 1 aromatic carbocycles. The molecule has 2 atom stereocenters. The second-order valence-electron chi connectivity index (χ2n) is 14.5. The Hall–Kier alpha value is -4.33. The van der Waals surface area contributed by atoms with E-state index in [2.05, 4.69) is 10.00 Å². The summed E-state index contributed by atoms with van der Waals surface area (Å²) in [5.74, 6) is -0.690. The lowest BCUT2D eigenvalue weighted by atomic mass is 10.0. The molecule has 0 aliphatic carbocycles. The topological polar surface area (TPSA) is 115 Å². The molecule has 0 N–H and O–H groups in total. The summed E-state index contributed by atoms with van der Waals surface area (Å²) in [7, 11) is 0. The highest BCUT2D eigenvalue weighted by Crippen LogP contribution is 2.35. The number of carbonyl (C=O) groups is 2. The molecule has 0 spiro atoms. The van der Waals surface area contributed by atoms with Gasteiger partial charge in [-0.25, -0.2) is 28.2 Å². The molecule has 2 amide bonds. The van der Waals surface area contributed by atoms with Gasteiger partial charge in [0.2, 0.25) is 5.91 Å². The third-order valence-corrected chi connectivity index (χ3v) is 9.72. The van der Waals surface area contributed by atoms with Gasteiger partial charge in [-0.3, -0.25) is 9.69 Å². The first-order valence-corrected chi connectivity index (χ1v) is 17.7. The van der Waals surface area contributed by atoms with E-state index in [0.717, 1.165) is 54.5 Å². The fraction of sp³-hybridized carbons (Fsp3) is 0.583. The van der Waals surface area contributed by atoms with Gasteiger partial charge in [0.05, 0.1) is 24.1 Å². The van der Waals surface area contributed by atoms with Crippen molar-refractivity contribution in [2.45, 2.75) is 103 Å². The number of halogens is 2. The molecule has 4 aliphatic heterocycles. The summed E-state index contributed by atoms with van der Waals surface area (Å²) < 4.78 is 47.1. The molecule has 0 bridgehead atoms. The summed E-state index contributed by atoms with van der Waals surface area (Å²) in [5, 5.41) is 4.64. The van der Waals surface area contributed by atoms with Crippen LogP contribution in [-0.2, 0) is 27.2 Å². The maximum absolute atomic E-state index is 14.3. The van der Waals surface area contributed by atoms with Gasteiger partial charge in [-0.2, -0.15) is 5.10 Å². The largest absolute Gasteiger partial charge is 0.487 e. The third kappa shape index (κ3) is 7.40. The van der Waals surface area contributed by atoms with Gasteiger partial charge in [0.15, 0.2) is 17.4 Å². The third-order valence-electron chi connectivity index (χ3n) is 9.72. The molecule has 3 saturated heterocycles. The fourth-order valence-electron chi connectivity index (χ4n) is 7.18. The van der Waals surface area contributed by atoms with Crippen LogP contribution in [0.1, 0.15) is 83.3 Å². The van der Waals surface area contributed by atoms with Crippen molar-refractivity contribution in [1.82, 2.24) is 29.5 Å². The van der Waals surface area contributed by atoms with E-state index >= 15 is 0 Å². The predicted octanol–water partition coefficient (Wildman–Crippen LogP) is 5.65. The smallest absolute Gasteiger partial charge is 0.410 e. The Balaban J connectivity index is 1.12. The Morgan fingerprint density at radius 2 is 1.78 bits per heavy atom. The fourth-order valence-corrected chi connectivity index (χ4v) is 7.18. The first-order chi connectivity index (χ1) is 24.0. The zero-order valence-electron chi connectivity index (χ0n) is 28.9. The number of rotatable bonds is 6. The molecule has 2 aromatic heterocycles. The lowest BCUT2D eigenvalue weighted by Gasteiger charge is -2.36.